The van der Waals surface area contributed by atoms with E-state index in [0.717, 1.165) is 16.7 Å². The third-order valence-corrected chi connectivity index (χ3v) is 6.95. The summed E-state index contributed by atoms with van der Waals surface area (Å²) in [5.41, 5.74) is 3.21. The molecule has 0 aromatic heterocycles. The normalized spacial score (nSPS) is 24.6. The van der Waals surface area contributed by atoms with E-state index < -0.39 is 0 Å². The lowest BCUT2D eigenvalue weighted by Crippen LogP contribution is -2.33. The summed E-state index contributed by atoms with van der Waals surface area (Å²) in [4.78, 5) is 28.8. The highest BCUT2D eigenvalue weighted by molar-refractivity contribution is 6.30. The van der Waals surface area contributed by atoms with Crippen LogP contribution in [0.3, 0.4) is 0 Å². The fourth-order valence-electron chi connectivity index (χ4n) is 5.11. The summed E-state index contributed by atoms with van der Waals surface area (Å²) in [7, 11) is 0. The van der Waals surface area contributed by atoms with Gasteiger partial charge in [-0.05, 0) is 35.2 Å². The largest absolute Gasteiger partial charge is 0.282 e. The maximum atomic E-state index is 13.6. The van der Waals surface area contributed by atoms with Crippen molar-refractivity contribution < 1.29 is 9.59 Å². The van der Waals surface area contributed by atoms with Crippen LogP contribution < -0.4 is 0 Å². The lowest BCUT2D eigenvalue weighted by atomic mass is 9.68. The van der Waals surface area contributed by atoms with Gasteiger partial charge in [-0.15, -0.1) is 0 Å². The second-order valence-electron chi connectivity index (χ2n) is 8.51. The van der Waals surface area contributed by atoms with Crippen molar-refractivity contribution in [2.75, 3.05) is 6.54 Å². The van der Waals surface area contributed by atoms with E-state index in [2.05, 4.69) is 12.2 Å². The van der Waals surface area contributed by atoms with E-state index in [1.807, 2.05) is 84.9 Å². The minimum Gasteiger partial charge on any atom is -0.282 e. The zero-order valence-electron chi connectivity index (χ0n) is 17.6. The van der Waals surface area contributed by atoms with Crippen molar-refractivity contribution in [1.29, 1.82) is 0 Å². The first-order valence-electron chi connectivity index (χ1n) is 11.0. The Morgan fingerprint density at radius 3 is 1.59 bits per heavy atom. The molecular formula is C28H24ClNO2. The average molecular weight is 442 g/mol. The first kappa shape index (κ1) is 20.7. The van der Waals surface area contributed by atoms with E-state index in [9.17, 15) is 9.59 Å². The first-order valence-corrected chi connectivity index (χ1v) is 11.4. The fraction of sp³-hybridized carbons (Fsp3) is 0.214. The maximum absolute atomic E-state index is 13.6. The SMILES string of the molecule is O=C1[C@@H]2[C@H](C(=O)N1CCc1ccc(Cl)cc1)[C@H](c1ccccc1)C=C[C@@H]2c1ccccc1. The molecule has 3 nitrogen and oxygen atoms in total. The Labute approximate surface area is 193 Å². The van der Waals surface area contributed by atoms with Gasteiger partial charge >= 0.3 is 0 Å². The third-order valence-electron chi connectivity index (χ3n) is 6.70. The Balaban J connectivity index is 1.48. The number of hydrogen-bond acceptors (Lipinski definition) is 2. The van der Waals surface area contributed by atoms with Gasteiger partial charge < -0.3 is 0 Å². The van der Waals surface area contributed by atoms with Gasteiger partial charge in [-0.3, -0.25) is 14.5 Å². The number of benzene rings is 3. The van der Waals surface area contributed by atoms with E-state index in [0.29, 0.717) is 18.0 Å². The van der Waals surface area contributed by atoms with E-state index in [4.69, 9.17) is 11.6 Å². The van der Waals surface area contributed by atoms with Gasteiger partial charge in [0.1, 0.15) is 0 Å². The predicted molar refractivity (Wildman–Crippen MR) is 126 cm³/mol. The first-order chi connectivity index (χ1) is 15.6. The van der Waals surface area contributed by atoms with Gasteiger partial charge in [-0.25, -0.2) is 0 Å². The van der Waals surface area contributed by atoms with Crippen LogP contribution in [-0.4, -0.2) is 23.3 Å². The number of halogens is 1. The summed E-state index contributed by atoms with van der Waals surface area (Å²) in [6.45, 7) is 0.384. The van der Waals surface area contributed by atoms with Crippen molar-refractivity contribution in [1.82, 2.24) is 4.90 Å². The Bertz CT molecular complexity index is 1070. The molecule has 2 amide bonds. The predicted octanol–water partition coefficient (Wildman–Crippen LogP) is 5.62. The number of hydrogen-bond donors (Lipinski definition) is 0. The molecule has 3 aromatic rings. The highest BCUT2D eigenvalue weighted by Gasteiger charge is 2.54. The van der Waals surface area contributed by atoms with Crippen LogP contribution in [0.25, 0.3) is 0 Å². The molecule has 0 bridgehead atoms. The number of amides is 2. The zero-order valence-corrected chi connectivity index (χ0v) is 18.4. The molecule has 32 heavy (non-hydrogen) atoms. The van der Waals surface area contributed by atoms with E-state index in [-0.39, 0.29) is 35.5 Å². The number of fused-ring (bicyclic) bond motifs is 1. The van der Waals surface area contributed by atoms with Crippen LogP contribution in [0.4, 0.5) is 0 Å². The number of likely N-dealkylation sites (tertiary alicyclic amines) is 1. The molecule has 160 valence electrons. The molecule has 1 heterocycles. The Kier molecular flexibility index (Phi) is 5.67. The van der Waals surface area contributed by atoms with Gasteiger partial charge in [0, 0.05) is 23.4 Å². The number of carbonyl (C=O) groups is 2. The molecule has 0 saturated carbocycles. The van der Waals surface area contributed by atoms with Crippen LogP contribution >= 0.6 is 11.6 Å². The Morgan fingerprint density at radius 1 is 0.656 bits per heavy atom. The van der Waals surface area contributed by atoms with Gasteiger partial charge in [0.05, 0.1) is 11.8 Å². The molecule has 0 spiro atoms. The van der Waals surface area contributed by atoms with E-state index in [1.165, 1.54) is 4.90 Å². The lowest BCUT2D eigenvalue weighted by Gasteiger charge is -2.32. The Hall–Kier alpha value is -3.17. The molecule has 1 aliphatic carbocycles. The van der Waals surface area contributed by atoms with Crippen molar-refractivity contribution in [3.63, 3.8) is 0 Å². The van der Waals surface area contributed by atoms with Crippen LogP contribution in [0.5, 0.6) is 0 Å². The monoisotopic (exact) mass is 441 g/mol. The van der Waals surface area contributed by atoms with Crippen LogP contribution in [0.15, 0.2) is 97.1 Å². The fourth-order valence-corrected chi connectivity index (χ4v) is 5.23. The Morgan fingerprint density at radius 2 is 1.12 bits per heavy atom. The summed E-state index contributed by atoms with van der Waals surface area (Å²) < 4.78 is 0. The van der Waals surface area contributed by atoms with Crippen LogP contribution in [0, 0.1) is 11.8 Å². The summed E-state index contributed by atoms with van der Waals surface area (Å²) >= 11 is 5.99. The van der Waals surface area contributed by atoms with Crippen molar-refractivity contribution >= 4 is 23.4 Å². The summed E-state index contributed by atoms with van der Waals surface area (Å²) in [5.74, 6) is -1.09. The highest BCUT2D eigenvalue weighted by atomic mass is 35.5. The highest BCUT2D eigenvalue weighted by Crippen LogP contribution is 2.49. The van der Waals surface area contributed by atoms with Gasteiger partial charge in [-0.2, -0.15) is 0 Å². The molecule has 0 unspecified atom stereocenters. The molecule has 1 aliphatic heterocycles. The lowest BCUT2D eigenvalue weighted by molar-refractivity contribution is -0.139. The molecule has 2 aliphatic rings. The quantitative estimate of drug-likeness (QED) is 0.380. The summed E-state index contributed by atoms with van der Waals surface area (Å²) in [5, 5.41) is 0.676. The molecule has 0 N–H and O–H groups in total. The van der Waals surface area contributed by atoms with Gasteiger partial charge in [-0.1, -0.05) is 96.5 Å². The molecule has 3 aromatic carbocycles. The number of nitrogens with zero attached hydrogens (tertiary/aromatic N) is 1. The summed E-state index contributed by atoms with van der Waals surface area (Å²) in [6.07, 6.45) is 4.87. The topological polar surface area (TPSA) is 37.4 Å². The number of allylic oxidation sites excluding steroid dienone is 2. The minimum atomic E-state index is -0.384. The van der Waals surface area contributed by atoms with Crippen molar-refractivity contribution in [2.45, 2.75) is 18.3 Å². The number of imide groups is 1. The average Bonchev–Trinajstić information content (AvgIpc) is 3.09. The number of carbonyl (C=O) groups excluding carboxylic acids is 2. The van der Waals surface area contributed by atoms with Gasteiger partial charge in [0.15, 0.2) is 0 Å². The second kappa shape index (κ2) is 8.76. The smallest absolute Gasteiger partial charge is 0.234 e. The molecule has 4 heteroatoms. The second-order valence-corrected chi connectivity index (χ2v) is 8.95. The van der Waals surface area contributed by atoms with Crippen LogP contribution in [0.1, 0.15) is 28.5 Å². The maximum Gasteiger partial charge on any atom is 0.234 e. The van der Waals surface area contributed by atoms with Crippen LogP contribution in [0.2, 0.25) is 5.02 Å². The molecule has 4 atom stereocenters. The molecule has 0 radical (unpaired) electrons. The van der Waals surface area contributed by atoms with Gasteiger partial charge in [0.25, 0.3) is 0 Å². The van der Waals surface area contributed by atoms with E-state index >= 15 is 0 Å². The summed E-state index contributed by atoms with van der Waals surface area (Å²) in [6, 6.07) is 27.6. The standard InChI is InChI=1S/C28H24ClNO2/c29-22-13-11-19(12-14-22)17-18-30-27(31)25-23(20-7-3-1-4-8-20)15-16-24(26(25)28(30)32)21-9-5-2-6-10-21/h1-16,23-26H,17-18H2/t23-,24+,25+,26-. The van der Waals surface area contributed by atoms with E-state index in [1.54, 1.807) is 0 Å². The molecule has 1 saturated heterocycles. The van der Waals surface area contributed by atoms with Crippen molar-refractivity contribution in [2.24, 2.45) is 11.8 Å². The van der Waals surface area contributed by atoms with Crippen molar-refractivity contribution in [3.8, 4) is 0 Å². The minimum absolute atomic E-state index is 0.0619. The zero-order chi connectivity index (χ0) is 22.1. The van der Waals surface area contributed by atoms with Crippen LogP contribution in [-0.2, 0) is 16.0 Å². The number of rotatable bonds is 5. The van der Waals surface area contributed by atoms with Gasteiger partial charge in [0.2, 0.25) is 11.8 Å². The third kappa shape index (κ3) is 3.78. The van der Waals surface area contributed by atoms with Crippen molar-refractivity contribution in [3.05, 3.63) is 119 Å². The molecule has 1 fully saturated rings. The molecule has 5 rings (SSSR count). The molecular weight excluding hydrogens is 418 g/mol.